The first-order valence-corrected chi connectivity index (χ1v) is 8.70. The van der Waals surface area contributed by atoms with Crippen LogP contribution in [0.2, 0.25) is 0 Å². The van der Waals surface area contributed by atoms with Gasteiger partial charge in [-0.2, -0.15) is 0 Å². The van der Waals surface area contributed by atoms with E-state index in [1.54, 1.807) is 38.2 Å². The summed E-state index contributed by atoms with van der Waals surface area (Å²) in [5, 5.41) is 11.2. The summed E-state index contributed by atoms with van der Waals surface area (Å²) in [6, 6.07) is 12.2. The third kappa shape index (κ3) is 5.57. The second-order valence-electron chi connectivity index (χ2n) is 5.94. The van der Waals surface area contributed by atoms with E-state index in [-0.39, 0.29) is 24.3 Å². The minimum Gasteiger partial charge on any atom is -0.376 e. The zero-order valence-electron chi connectivity index (χ0n) is 15.7. The number of hydrogen-bond acceptors (Lipinski definition) is 4. The summed E-state index contributed by atoms with van der Waals surface area (Å²) >= 11 is 0. The Balaban J connectivity index is 1.99. The van der Waals surface area contributed by atoms with Crippen molar-refractivity contribution < 1.29 is 14.4 Å². The number of anilines is 3. The Hall–Kier alpha value is -3.35. The molecule has 0 aromatic heterocycles. The van der Waals surface area contributed by atoms with Crippen molar-refractivity contribution in [1.82, 2.24) is 5.32 Å². The van der Waals surface area contributed by atoms with Crippen LogP contribution in [0.15, 0.2) is 42.5 Å². The Bertz CT molecular complexity index is 849. The van der Waals surface area contributed by atoms with Crippen LogP contribution in [0.4, 0.5) is 17.1 Å². The van der Waals surface area contributed by atoms with Crippen LogP contribution < -0.4 is 21.3 Å². The molecular weight excluding hydrogens is 344 g/mol. The monoisotopic (exact) mass is 368 g/mol. The van der Waals surface area contributed by atoms with E-state index in [0.717, 1.165) is 11.3 Å². The summed E-state index contributed by atoms with van der Waals surface area (Å²) < 4.78 is 0. The molecule has 2 aromatic carbocycles. The van der Waals surface area contributed by atoms with Gasteiger partial charge >= 0.3 is 0 Å². The number of carbonyl (C=O) groups excluding carboxylic acids is 3. The van der Waals surface area contributed by atoms with Crippen LogP contribution in [0.3, 0.4) is 0 Å². The predicted octanol–water partition coefficient (Wildman–Crippen LogP) is 2.75. The van der Waals surface area contributed by atoms with Gasteiger partial charge < -0.3 is 21.3 Å². The van der Waals surface area contributed by atoms with Crippen molar-refractivity contribution in [1.29, 1.82) is 0 Å². The average Bonchev–Trinajstić information content (AvgIpc) is 2.68. The lowest BCUT2D eigenvalue weighted by atomic mass is 10.1. The third-order valence-electron chi connectivity index (χ3n) is 4.00. The zero-order chi connectivity index (χ0) is 19.8. The molecule has 0 unspecified atom stereocenters. The van der Waals surface area contributed by atoms with Gasteiger partial charge in [-0.05, 0) is 42.8 Å². The summed E-state index contributed by atoms with van der Waals surface area (Å²) in [7, 11) is 1.55. The SMILES string of the molecule is CCC(=O)Nc1cccc(NCC(=O)Nc2cccc(C(=O)NC)c2)c1C. The number of nitrogens with one attached hydrogen (secondary N) is 4. The van der Waals surface area contributed by atoms with Gasteiger partial charge in [0, 0.05) is 36.1 Å². The molecule has 0 atom stereocenters. The number of hydrogen-bond donors (Lipinski definition) is 4. The molecule has 2 aromatic rings. The van der Waals surface area contributed by atoms with Crippen LogP contribution >= 0.6 is 0 Å². The highest BCUT2D eigenvalue weighted by atomic mass is 16.2. The minimum absolute atomic E-state index is 0.0518. The molecule has 7 heteroatoms. The van der Waals surface area contributed by atoms with Crippen molar-refractivity contribution in [3.05, 3.63) is 53.6 Å². The molecule has 0 radical (unpaired) electrons. The smallest absolute Gasteiger partial charge is 0.251 e. The summed E-state index contributed by atoms with van der Waals surface area (Å²) in [4.78, 5) is 35.5. The molecule has 3 amide bonds. The van der Waals surface area contributed by atoms with Gasteiger partial charge in [0.15, 0.2) is 0 Å². The van der Waals surface area contributed by atoms with E-state index in [2.05, 4.69) is 21.3 Å². The molecule has 0 saturated carbocycles. The van der Waals surface area contributed by atoms with Crippen LogP contribution in [0, 0.1) is 6.92 Å². The Labute approximate surface area is 158 Å². The summed E-state index contributed by atoms with van der Waals surface area (Å²) in [6.45, 7) is 3.71. The van der Waals surface area contributed by atoms with E-state index in [1.165, 1.54) is 0 Å². The van der Waals surface area contributed by atoms with Crippen LogP contribution in [-0.4, -0.2) is 31.3 Å². The first-order valence-electron chi connectivity index (χ1n) is 8.70. The van der Waals surface area contributed by atoms with E-state index in [0.29, 0.717) is 23.4 Å². The average molecular weight is 368 g/mol. The van der Waals surface area contributed by atoms with E-state index in [1.807, 2.05) is 25.1 Å². The van der Waals surface area contributed by atoms with Crippen LogP contribution in [0.5, 0.6) is 0 Å². The largest absolute Gasteiger partial charge is 0.376 e. The lowest BCUT2D eigenvalue weighted by Crippen LogP contribution is -2.23. The lowest BCUT2D eigenvalue weighted by molar-refractivity contribution is -0.116. The van der Waals surface area contributed by atoms with Gasteiger partial charge in [-0.3, -0.25) is 14.4 Å². The number of amides is 3. The van der Waals surface area contributed by atoms with E-state index in [9.17, 15) is 14.4 Å². The molecule has 142 valence electrons. The minimum atomic E-state index is -0.244. The molecule has 0 saturated heterocycles. The normalized spacial score (nSPS) is 10.0. The highest BCUT2D eigenvalue weighted by Crippen LogP contribution is 2.23. The fraction of sp³-hybridized carbons (Fsp3) is 0.250. The van der Waals surface area contributed by atoms with E-state index < -0.39 is 0 Å². The second-order valence-corrected chi connectivity index (χ2v) is 5.94. The summed E-state index contributed by atoms with van der Waals surface area (Å²) in [5.74, 6) is -0.527. The van der Waals surface area contributed by atoms with Crippen LogP contribution in [-0.2, 0) is 9.59 Å². The Kier molecular flexibility index (Phi) is 6.93. The number of benzene rings is 2. The Morgan fingerprint density at radius 2 is 1.63 bits per heavy atom. The molecule has 4 N–H and O–H groups in total. The van der Waals surface area contributed by atoms with Crippen LogP contribution in [0.25, 0.3) is 0 Å². The van der Waals surface area contributed by atoms with Crippen molar-refractivity contribution in [2.24, 2.45) is 0 Å². The first-order chi connectivity index (χ1) is 12.9. The van der Waals surface area contributed by atoms with Gasteiger partial charge in [-0.15, -0.1) is 0 Å². The van der Waals surface area contributed by atoms with Crippen molar-refractivity contribution >= 4 is 34.8 Å². The summed E-state index contributed by atoms with van der Waals surface area (Å²) in [6.07, 6.45) is 0.397. The van der Waals surface area contributed by atoms with Gasteiger partial charge in [0.25, 0.3) is 5.91 Å². The summed E-state index contributed by atoms with van der Waals surface area (Å²) in [5.41, 5.74) is 3.35. The number of carbonyl (C=O) groups is 3. The molecular formula is C20H24N4O3. The molecule has 0 aliphatic heterocycles. The molecule has 0 bridgehead atoms. The molecule has 0 heterocycles. The molecule has 0 aliphatic carbocycles. The molecule has 0 fully saturated rings. The van der Waals surface area contributed by atoms with Gasteiger partial charge in [0.2, 0.25) is 11.8 Å². The number of rotatable bonds is 7. The van der Waals surface area contributed by atoms with Gasteiger partial charge in [-0.1, -0.05) is 19.1 Å². The van der Waals surface area contributed by atoms with E-state index >= 15 is 0 Å². The molecule has 0 aliphatic rings. The van der Waals surface area contributed by atoms with Crippen molar-refractivity contribution in [2.45, 2.75) is 20.3 Å². The zero-order valence-corrected chi connectivity index (χ0v) is 15.7. The fourth-order valence-corrected chi connectivity index (χ4v) is 2.46. The van der Waals surface area contributed by atoms with Crippen molar-refractivity contribution in [3.8, 4) is 0 Å². The Morgan fingerprint density at radius 3 is 2.33 bits per heavy atom. The second kappa shape index (κ2) is 9.38. The van der Waals surface area contributed by atoms with Crippen LogP contribution in [0.1, 0.15) is 29.3 Å². The maximum atomic E-state index is 12.2. The maximum absolute atomic E-state index is 12.2. The highest BCUT2D eigenvalue weighted by Gasteiger charge is 2.09. The van der Waals surface area contributed by atoms with E-state index in [4.69, 9.17) is 0 Å². The fourth-order valence-electron chi connectivity index (χ4n) is 2.46. The van der Waals surface area contributed by atoms with Gasteiger partial charge in [0.1, 0.15) is 0 Å². The molecule has 7 nitrogen and oxygen atoms in total. The van der Waals surface area contributed by atoms with Crippen molar-refractivity contribution in [2.75, 3.05) is 29.5 Å². The standard InChI is InChI=1S/C20H24N4O3/c1-4-18(25)24-17-10-6-9-16(13(17)2)22-12-19(26)23-15-8-5-7-14(11-15)20(27)21-3/h5-11,22H,4,12H2,1-3H3,(H,21,27)(H,23,26)(H,24,25). The van der Waals surface area contributed by atoms with Gasteiger partial charge in [0.05, 0.1) is 6.54 Å². The van der Waals surface area contributed by atoms with Gasteiger partial charge in [-0.25, -0.2) is 0 Å². The third-order valence-corrected chi connectivity index (χ3v) is 4.00. The lowest BCUT2D eigenvalue weighted by Gasteiger charge is -2.14. The maximum Gasteiger partial charge on any atom is 0.251 e. The topological polar surface area (TPSA) is 99.3 Å². The highest BCUT2D eigenvalue weighted by molar-refractivity contribution is 5.98. The Morgan fingerprint density at radius 1 is 0.926 bits per heavy atom. The first kappa shape index (κ1) is 20.0. The molecule has 27 heavy (non-hydrogen) atoms. The van der Waals surface area contributed by atoms with Crippen molar-refractivity contribution in [3.63, 3.8) is 0 Å². The quantitative estimate of drug-likeness (QED) is 0.604. The molecule has 2 rings (SSSR count). The predicted molar refractivity (Wildman–Crippen MR) is 107 cm³/mol. The molecule has 0 spiro atoms.